The molecule has 14 nitrogen and oxygen atoms in total. The molecule has 0 unspecified atom stereocenters. The van der Waals surface area contributed by atoms with Gasteiger partial charge in [-0.05, 0) is 17.9 Å². The van der Waals surface area contributed by atoms with Crippen molar-refractivity contribution in [2.75, 3.05) is 7.11 Å². The zero-order valence-corrected chi connectivity index (χ0v) is 19.2. The smallest absolute Gasteiger partial charge is 0.328 e. The van der Waals surface area contributed by atoms with Crippen LogP contribution in [0.15, 0.2) is 5.11 Å². The fourth-order valence-corrected chi connectivity index (χ4v) is 3.23. The summed E-state index contributed by atoms with van der Waals surface area (Å²) in [4.78, 5) is 62.9. The number of rotatable bonds is 9. The fourth-order valence-electron chi connectivity index (χ4n) is 3.23. The van der Waals surface area contributed by atoms with E-state index in [1.807, 2.05) is 13.8 Å². The van der Waals surface area contributed by atoms with Crippen LogP contribution in [0.5, 0.6) is 0 Å². The normalized spacial score (nSPS) is 25.1. The van der Waals surface area contributed by atoms with Gasteiger partial charge in [0.15, 0.2) is 30.6 Å². The molecule has 0 aromatic carbocycles. The molecule has 1 heterocycles. The second-order valence-electron chi connectivity index (χ2n) is 7.59. The van der Waals surface area contributed by atoms with Gasteiger partial charge in [-0.15, -0.1) is 0 Å². The molecule has 1 N–H and O–H groups in total. The van der Waals surface area contributed by atoms with Gasteiger partial charge in [0.2, 0.25) is 0 Å². The molecule has 1 amide bonds. The molecule has 0 aromatic rings. The maximum atomic E-state index is 13.1. The van der Waals surface area contributed by atoms with Crippen molar-refractivity contribution in [3.63, 3.8) is 0 Å². The van der Waals surface area contributed by atoms with Gasteiger partial charge in [-0.2, -0.15) is 0 Å². The number of carbonyl (C=O) groups excluding carboxylic acids is 5. The summed E-state index contributed by atoms with van der Waals surface area (Å²) in [5.74, 6) is -4.24. The Bertz CT molecular complexity index is 810. The van der Waals surface area contributed by atoms with Crippen molar-refractivity contribution in [1.29, 1.82) is 0 Å². The van der Waals surface area contributed by atoms with Crippen LogP contribution < -0.4 is 5.32 Å². The number of hydrogen-bond acceptors (Lipinski definition) is 11. The Labute approximate surface area is 189 Å². The Morgan fingerprint density at radius 3 is 1.94 bits per heavy atom. The third kappa shape index (κ3) is 8.24. The van der Waals surface area contributed by atoms with Crippen molar-refractivity contribution in [2.45, 2.75) is 77.7 Å². The van der Waals surface area contributed by atoms with Crippen molar-refractivity contribution >= 4 is 29.8 Å². The molecule has 1 fully saturated rings. The van der Waals surface area contributed by atoms with E-state index >= 15 is 0 Å². The first kappa shape index (κ1) is 27.7. The van der Waals surface area contributed by atoms with Gasteiger partial charge in [0, 0.05) is 25.7 Å². The highest BCUT2D eigenvalue weighted by molar-refractivity contribution is 5.88. The van der Waals surface area contributed by atoms with Gasteiger partial charge in [0.05, 0.1) is 7.11 Å². The first-order valence-corrected chi connectivity index (χ1v) is 10.0. The van der Waals surface area contributed by atoms with Gasteiger partial charge in [0.25, 0.3) is 5.91 Å². The molecule has 0 aromatic heterocycles. The highest BCUT2D eigenvalue weighted by Gasteiger charge is 2.54. The lowest BCUT2D eigenvalue weighted by Crippen LogP contribution is -2.65. The van der Waals surface area contributed by atoms with Crippen LogP contribution in [0.4, 0.5) is 0 Å². The highest BCUT2D eigenvalue weighted by atomic mass is 16.7. The lowest BCUT2D eigenvalue weighted by molar-refractivity contribution is -0.242. The first-order valence-electron chi connectivity index (χ1n) is 10.0. The largest absolute Gasteiger partial charge is 0.467 e. The molecule has 0 spiro atoms. The van der Waals surface area contributed by atoms with Crippen LogP contribution in [0.2, 0.25) is 0 Å². The maximum absolute atomic E-state index is 13.1. The number of azide groups is 1. The topological polar surface area (TPSA) is 192 Å². The van der Waals surface area contributed by atoms with Crippen LogP contribution in [0.1, 0.15) is 41.0 Å². The van der Waals surface area contributed by atoms with Crippen molar-refractivity contribution < 1.29 is 47.7 Å². The molecular formula is C19H28N4O10. The number of methoxy groups -OCH3 is 1. The zero-order valence-electron chi connectivity index (χ0n) is 19.2. The van der Waals surface area contributed by atoms with E-state index in [0.717, 1.165) is 27.9 Å². The Kier molecular flexibility index (Phi) is 10.6. The molecule has 33 heavy (non-hydrogen) atoms. The fraction of sp³-hybridized carbons (Fsp3) is 0.737. The van der Waals surface area contributed by atoms with Crippen molar-refractivity contribution in [2.24, 2.45) is 11.0 Å². The van der Waals surface area contributed by atoms with E-state index in [4.69, 9.17) is 29.2 Å². The van der Waals surface area contributed by atoms with Gasteiger partial charge in [-0.1, -0.05) is 19.0 Å². The standard InChI is InChI=1S/C19H28N4O10/c1-8(2)7-12(19(28)29-6)21-17(27)15-13(30-9(3)24)14(31-10(4)25)16(32-11(5)26)18(33-15)22-23-20/h8,12-16,18H,7H2,1-6H3,(H,21,27)/t12-,13+,14-,15-,16+,18+/m0/s1. The summed E-state index contributed by atoms with van der Waals surface area (Å²) >= 11 is 0. The summed E-state index contributed by atoms with van der Waals surface area (Å²) in [5.41, 5.74) is 8.91. The Morgan fingerprint density at radius 2 is 1.48 bits per heavy atom. The lowest BCUT2D eigenvalue weighted by Gasteiger charge is -2.42. The Balaban J connectivity index is 3.43. The molecule has 1 aliphatic rings. The summed E-state index contributed by atoms with van der Waals surface area (Å²) in [6, 6.07) is -1.07. The van der Waals surface area contributed by atoms with E-state index in [0.29, 0.717) is 0 Å². The predicted octanol–water partition coefficient (Wildman–Crippen LogP) is 0.521. The highest BCUT2D eigenvalue weighted by Crippen LogP contribution is 2.30. The number of ether oxygens (including phenoxy) is 5. The minimum atomic E-state index is -1.69. The van der Waals surface area contributed by atoms with Crippen LogP contribution in [-0.4, -0.2) is 73.6 Å². The van der Waals surface area contributed by atoms with Crippen LogP contribution in [0, 0.1) is 5.92 Å². The van der Waals surface area contributed by atoms with E-state index in [1.54, 1.807) is 0 Å². The summed E-state index contributed by atoms with van der Waals surface area (Å²) in [5, 5.41) is 5.83. The number of nitrogens with one attached hydrogen (secondary N) is 1. The summed E-state index contributed by atoms with van der Waals surface area (Å²) in [6.07, 6.45) is -7.78. The van der Waals surface area contributed by atoms with Gasteiger partial charge in [-0.3, -0.25) is 19.2 Å². The summed E-state index contributed by atoms with van der Waals surface area (Å²) < 4.78 is 25.7. The van der Waals surface area contributed by atoms with E-state index in [-0.39, 0.29) is 12.3 Å². The Hall–Kier alpha value is -3.38. The molecule has 184 valence electrons. The van der Waals surface area contributed by atoms with Gasteiger partial charge < -0.3 is 29.0 Å². The van der Waals surface area contributed by atoms with Crippen LogP contribution in [0.25, 0.3) is 10.4 Å². The monoisotopic (exact) mass is 472 g/mol. The predicted molar refractivity (Wildman–Crippen MR) is 108 cm³/mol. The van der Waals surface area contributed by atoms with Crippen molar-refractivity contribution in [3.05, 3.63) is 10.4 Å². The summed E-state index contributed by atoms with van der Waals surface area (Å²) in [6.45, 7) is 6.76. The minimum absolute atomic E-state index is 0.0102. The van der Waals surface area contributed by atoms with Crippen LogP contribution in [0.3, 0.4) is 0 Å². The molecular weight excluding hydrogens is 444 g/mol. The van der Waals surface area contributed by atoms with Gasteiger partial charge >= 0.3 is 23.9 Å². The second kappa shape index (κ2) is 12.6. The quantitative estimate of drug-likeness (QED) is 0.163. The molecule has 0 radical (unpaired) electrons. The van der Waals surface area contributed by atoms with Crippen molar-refractivity contribution in [1.82, 2.24) is 5.32 Å². The SMILES string of the molecule is COC(=O)[C@H](CC(C)C)NC(=O)[C@H]1O[C@@H](N=[N+]=[N-])[C@H](OC(C)=O)[C@@H](OC(C)=O)[C@H]1OC(C)=O. The molecule has 0 aliphatic carbocycles. The van der Waals surface area contributed by atoms with E-state index in [2.05, 4.69) is 15.3 Å². The Morgan fingerprint density at radius 1 is 0.970 bits per heavy atom. The maximum Gasteiger partial charge on any atom is 0.328 e. The molecule has 6 atom stereocenters. The van der Waals surface area contributed by atoms with Crippen LogP contribution in [-0.2, 0) is 47.7 Å². The molecule has 1 rings (SSSR count). The second-order valence-corrected chi connectivity index (χ2v) is 7.59. The van der Waals surface area contributed by atoms with Crippen LogP contribution >= 0.6 is 0 Å². The van der Waals surface area contributed by atoms with Crippen molar-refractivity contribution in [3.8, 4) is 0 Å². The third-order valence-corrected chi connectivity index (χ3v) is 4.35. The molecule has 0 saturated carbocycles. The number of nitrogens with zero attached hydrogens (tertiary/aromatic N) is 3. The average molecular weight is 472 g/mol. The number of esters is 4. The molecule has 14 heteroatoms. The molecule has 1 aliphatic heterocycles. The molecule has 0 bridgehead atoms. The number of amides is 1. The average Bonchev–Trinajstić information content (AvgIpc) is 2.69. The number of hydrogen-bond donors (Lipinski definition) is 1. The van der Waals surface area contributed by atoms with Gasteiger partial charge in [0.1, 0.15) is 6.04 Å². The summed E-state index contributed by atoms with van der Waals surface area (Å²) in [7, 11) is 1.15. The zero-order chi connectivity index (χ0) is 25.3. The van der Waals surface area contributed by atoms with Gasteiger partial charge in [-0.25, -0.2) is 4.79 Å². The lowest BCUT2D eigenvalue weighted by atomic mass is 9.95. The third-order valence-electron chi connectivity index (χ3n) is 4.35. The first-order chi connectivity index (χ1) is 15.4. The van der Waals surface area contributed by atoms with E-state index in [9.17, 15) is 24.0 Å². The molecule has 1 saturated heterocycles. The number of carbonyl (C=O) groups is 5. The minimum Gasteiger partial charge on any atom is -0.467 e. The van der Waals surface area contributed by atoms with E-state index in [1.165, 1.54) is 0 Å². The van der Waals surface area contributed by atoms with E-state index < -0.39 is 66.5 Å².